The molecule has 2 nitrogen and oxygen atoms in total. The fourth-order valence-corrected chi connectivity index (χ4v) is 9.08. The summed E-state index contributed by atoms with van der Waals surface area (Å²) in [5, 5.41) is 10.3. The zero-order valence-corrected chi connectivity index (χ0v) is 21.4. The molecule has 8 unspecified atom stereocenters. The van der Waals surface area contributed by atoms with Gasteiger partial charge in [-0.3, -0.25) is 4.98 Å². The molecule has 2 heteroatoms. The number of nitrogens with zero attached hydrogens (tertiary/aromatic N) is 1. The number of rotatable bonds is 5. The van der Waals surface area contributed by atoms with Gasteiger partial charge in [0.1, 0.15) is 0 Å². The lowest BCUT2D eigenvalue weighted by Crippen LogP contribution is -2.53. The molecule has 4 fully saturated rings. The van der Waals surface area contributed by atoms with Gasteiger partial charge in [-0.25, -0.2) is 0 Å². The van der Waals surface area contributed by atoms with Gasteiger partial charge in [0.05, 0.1) is 6.10 Å². The van der Waals surface area contributed by atoms with Crippen LogP contribution in [0.3, 0.4) is 0 Å². The van der Waals surface area contributed by atoms with E-state index in [4.69, 9.17) is 0 Å². The second-order valence-electron chi connectivity index (χ2n) is 12.0. The number of aryl methyl sites for hydroxylation is 1. The van der Waals surface area contributed by atoms with Crippen molar-refractivity contribution in [2.75, 3.05) is 0 Å². The molecule has 32 heavy (non-hydrogen) atoms. The van der Waals surface area contributed by atoms with Crippen molar-refractivity contribution in [2.45, 2.75) is 117 Å². The first-order valence-corrected chi connectivity index (χ1v) is 14.1. The molecule has 0 radical (unpaired) electrons. The van der Waals surface area contributed by atoms with Gasteiger partial charge in [0.25, 0.3) is 0 Å². The number of fused-ring (bicyclic) bond motifs is 5. The molecule has 4 aliphatic carbocycles. The molecule has 1 N–H and O–H groups in total. The van der Waals surface area contributed by atoms with E-state index in [0.29, 0.717) is 10.8 Å². The number of aliphatic hydroxyl groups is 1. The minimum Gasteiger partial charge on any atom is -0.393 e. The van der Waals surface area contributed by atoms with Crippen LogP contribution < -0.4 is 0 Å². The Hall–Kier alpha value is -0.890. The van der Waals surface area contributed by atoms with Crippen LogP contribution in [0.1, 0.15) is 110 Å². The van der Waals surface area contributed by atoms with E-state index in [2.05, 4.69) is 31.0 Å². The first-order chi connectivity index (χ1) is 15.5. The molecule has 0 saturated heterocycles. The first-order valence-electron chi connectivity index (χ1n) is 14.1. The summed E-state index contributed by atoms with van der Waals surface area (Å²) in [6, 6.07) is 4.29. The van der Waals surface area contributed by atoms with Gasteiger partial charge < -0.3 is 5.11 Å². The van der Waals surface area contributed by atoms with Crippen molar-refractivity contribution in [3.63, 3.8) is 0 Å². The highest BCUT2D eigenvalue weighted by atomic mass is 16.3. The van der Waals surface area contributed by atoms with Crippen molar-refractivity contribution in [3.8, 4) is 0 Å². The summed E-state index contributed by atoms with van der Waals surface area (Å²) in [6.45, 7) is 9.31. The van der Waals surface area contributed by atoms with Crippen LogP contribution in [0.2, 0.25) is 0 Å². The third kappa shape index (κ3) is 4.42. The summed E-state index contributed by atoms with van der Waals surface area (Å²) in [5.74, 6) is 4.63. The number of aromatic nitrogens is 1. The van der Waals surface area contributed by atoms with Crippen molar-refractivity contribution in [1.29, 1.82) is 0 Å². The van der Waals surface area contributed by atoms with E-state index in [0.717, 1.165) is 42.4 Å². The Morgan fingerprint density at radius 3 is 2.50 bits per heavy atom. The van der Waals surface area contributed by atoms with E-state index in [-0.39, 0.29) is 6.10 Å². The normalized spacial score (nSPS) is 42.8. The Balaban J connectivity index is 0.00000119. The highest BCUT2D eigenvalue weighted by molar-refractivity contribution is 5.10. The van der Waals surface area contributed by atoms with Crippen molar-refractivity contribution in [2.24, 2.45) is 40.4 Å². The molecule has 5 rings (SSSR count). The number of hydrogen-bond acceptors (Lipinski definition) is 2. The van der Waals surface area contributed by atoms with Crippen LogP contribution >= 0.6 is 0 Å². The Bertz CT molecular complexity index is 719. The average molecular weight is 440 g/mol. The highest BCUT2D eigenvalue weighted by Gasteiger charge is 2.59. The Labute approximate surface area is 198 Å². The summed E-state index contributed by atoms with van der Waals surface area (Å²) in [6.07, 6.45) is 21.4. The maximum atomic E-state index is 10.3. The summed E-state index contributed by atoms with van der Waals surface area (Å²) in [4.78, 5) is 4.27. The summed E-state index contributed by atoms with van der Waals surface area (Å²) < 4.78 is 0. The smallest absolute Gasteiger partial charge is 0.0543 e. The lowest BCUT2D eigenvalue weighted by molar-refractivity contribution is -0.127. The summed E-state index contributed by atoms with van der Waals surface area (Å²) in [7, 11) is 0. The fourth-order valence-electron chi connectivity index (χ4n) is 9.08. The van der Waals surface area contributed by atoms with Gasteiger partial charge in [-0.15, -0.1) is 0 Å². The molecule has 0 bridgehead atoms. The SMILES string of the molecule is CC.CC12CCC3C(CCC4CC(O)CCC43C)C1CCC2CCCCc1cccnc1. The van der Waals surface area contributed by atoms with Crippen molar-refractivity contribution in [1.82, 2.24) is 4.98 Å². The van der Waals surface area contributed by atoms with Crippen LogP contribution in [0, 0.1) is 40.4 Å². The van der Waals surface area contributed by atoms with Crippen LogP contribution in [-0.2, 0) is 6.42 Å². The van der Waals surface area contributed by atoms with Gasteiger partial charge in [0.2, 0.25) is 0 Å². The van der Waals surface area contributed by atoms with Crippen LogP contribution in [0.5, 0.6) is 0 Å². The maximum Gasteiger partial charge on any atom is 0.0543 e. The molecule has 0 amide bonds. The number of pyridine rings is 1. The summed E-state index contributed by atoms with van der Waals surface area (Å²) in [5.41, 5.74) is 2.52. The molecule has 0 aliphatic heterocycles. The molecule has 180 valence electrons. The lowest BCUT2D eigenvalue weighted by Gasteiger charge is -2.61. The predicted octanol–water partition coefficient (Wildman–Crippen LogP) is 7.84. The standard InChI is InChI=1S/C28H43NO.C2H6/c1-27-16-14-26-24(11-9-22-18-23(30)13-15-28(22,26)2)25(27)12-10-21(27)8-4-3-6-20-7-5-17-29-19-20;1-2/h5,7,17,19,21-26,30H,3-4,6,8-16,18H2,1-2H3;1-2H3. The van der Waals surface area contributed by atoms with Crippen LogP contribution in [-0.4, -0.2) is 16.2 Å². The molecule has 4 saturated carbocycles. The van der Waals surface area contributed by atoms with Crippen LogP contribution in [0.25, 0.3) is 0 Å². The molecule has 4 aliphatic rings. The predicted molar refractivity (Wildman–Crippen MR) is 134 cm³/mol. The molecule has 1 heterocycles. The van der Waals surface area contributed by atoms with Crippen molar-refractivity contribution < 1.29 is 5.11 Å². The third-order valence-electron chi connectivity index (χ3n) is 10.8. The topological polar surface area (TPSA) is 33.1 Å². The molecule has 0 aromatic carbocycles. The van der Waals surface area contributed by atoms with Crippen LogP contribution in [0.4, 0.5) is 0 Å². The fraction of sp³-hybridized carbons (Fsp3) is 0.833. The number of unbranched alkanes of at least 4 members (excludes halogenated alkanes) is 1. The number of hydrogen-bond donors (Lipinski definition) is 1. The van der Waals surface area contributed by atoms with E-state index >= 15 is 0 Å². The Kier molecular flexibility index (Phi) is 7.70. The molecular formula is C30H49NO. The third-order valence-corrected chi connectivity index (χ3v) is 10.8. The quantitative estimate of drug-likeness (QED) is 0.474. The van der Waals surface area contributed by atoms with Crippen LogP contribution in [0.15, 0.2) is 24.5 Å². The Morgan fingerprint density at radius 1 is 0.938 bits per heavy atom. The van der Waals surface area contributed by atoms with E-state index in [1.807, 2.05) is 26.2 Å². The molecule has 8 atom stereocenters. The average Bonchev–Trinajstić information content (AvgIpc) is 3.15. The molecule has 1 aromatic rings. The van der Waals surface area contributed by atoms with Gasteiger partial charge in [-0.1, -0.05) is 40.2 Å². The van der Waals surface area contributed by atoms with Gasteiger partial charge in [-0.05, 0) is 129 Å². The first kappa shape index (κ1) is 24.2. The van der Waals surface area contributed by atoms with E-state index in [1.165, 1.54) is 76.2 Å². The molecule has 0 spiro atoms. The largest absolute Gasteiger partial charge is 0.393 e. The second kappa shape index (κ2) is 10.2. The van der Waals surface area contributed by atoms with E-state index in [9.17, 15) is 5.11 Å². The minimum atomic E-state index is -0.0176. The lowest BCUT2D eigenvalue weighted by atomic mass is 9.44. The monoisotopic (exact) mass is 439 g/mol. The van der Waals surface area contributed by atoms with Gasteiger partial charge >= 0.3 is 0 Å². The molecule has 1 aromatic heterocycles. The van der Waals surface area contributed by atoms with Crippen molar-refractivity contribution in [3.05, 3.63) is 30.1 Å². The highest BCUT2D eigenvalue weighted by Crippen LogP contribution is 2.67. The van der Waals surface area contributed by atoms with E-state index in [1.54, 1.807) is 0 Å². The zero-order chi connectivity index (χ0) is 22.8. The van der Waals surface area contributed by atoms with Gasteiger partial charge in [0.15, 0.2) is 0 Å². The number of aliphatic hydroxyl groups excluding tert-OH is 1. The minimum absolute atomic E-state index is 0.0176. The van der Waals surface area contributed by atoms with E-state index < -0.39 is 0 Å². The summed E-state index contributed by atoms with van der Waals surface area (Å²) >= 11 is 0. The Morgan fingerprint density at radius 2 is 1.72 bits per heavy atom. The van der Waals surface area contributed by atoms with Gasteiger partial charge in [-0.2, -0.15) is 0 Å². The van der Waals surface area contributed by atoms with Crippen molar-refractivity contribution >= 4 is 0 Å². The maximum absolute atomic E-state index is 10.3. The molecular weight excluding hydrogens is 390 g/mol. The van der Waals surface area contributed by atoms with Gasteiger partial charge in [0, 0.05) is 12.4 Å². The second-order valence-corrected chi connectivity index (χ2v) is 12.0. The zero-order valence-electron chi connectivity index (χ0n) is 21.4.